The minimum Gasteiger partial charge on any atom is -0.393 e. The molecule has 1 rings (SSSR count). The number of nitrogens with two attached hydrogens (primary N) is 1. The predicted molar refractivity (Wildman–Crippen MR) is 67.2 cm³/mol. The molecule has 1 heterocycles. The summed E-state index contributed by atoms with van der Waals surface area (Å²) in [5.74, 6) is 1.09. The third-order valence-electron chi connectivity index (χ3n) is 2.96. The molecular weight excluding hydrogens is 208 g/mol. The Balaban J connectivity index is 2.46. The van der Waals surface area contributed by atoms with Crippen molar-refractivity contribution in [3.8, 4) is 0 Å². The molecule has 1 aliphatic heterocycles. The van der Waals surface area contributed by atoms with E-state index in [2.05, 4.69) is 19.2 Å². The van der Waals surface area contributed by atoms with Gasteiger partial charge in [-0.05, 0) is 26.7 Å². The molecule has 0 amide bonds. The Kier molecular flexibility index (Phi) is 4.90. The summed E-state index contributed by atoms with van der Waals surface area (Å²) in [6.45, 7) is 6.90. The second-order valence-corrected chi connectivity index (χ2v) is 6.37. The highest BCUT2D eigenvalue weighted by atomic mass is 32.2. The Morgan fingerprint density at radius 3 is 2.67 bits per heavy atom. The third-order valence-corrected chi connectivity index (χ3v) is 4.42. The highest BCUT2D eigenvalue weighted by Crippen LogP contribution is 2.34. The first-order chi connectivity index (χ1) is 6.97. The van der Waals surface area contributed by atoms with E-state index in [1.165, 1.54) is 0 Å². The molecule has 1 aliphatic rings. The van der Waals surface area contributed by atoms with Crippen molar-refractivity contribution in [3.05, 3.63) is 0 Å². The topological polar surface area (TPSA) is 58.3 Å². The van der Waals surface area contributed by atoms with Crippen LogP contribution in [0.2, 0.25) is 0 Å². The van der Waals surface area contributed by atoms with Crippen molar-refractivity contribution in [2.24, 2.45) is 5.73 Å². The van der Waals surface area contributed by atoms with E-state index < -0.39 is 0 Å². The Labute approximate surface area is 97.2 Å². The summed E-state index contributed by atoms with van der Waals surface area (Å²) >= 11 is 1.98. The molecule has 0 aromatic carbocycles. The Hall–Kier alpha value is 0.230. The van der Waals surface area contributed by atoms with E-state index in [0.29, 0.717) is 17.8 Å². The quantitative estimate of drug-likeness (QED) is 0.661. The molecule has 0 aromatic rings. The molecule has 90 valence electrons. The first-order valence-electron chi connectivity index (χ1n) is 5.75. The van der Waals surface area contributed by atoms with Gasteiger partial charge < -0.3 is 16.2 Å². The number of rotatable bonds is 5. The number of hydrogen-bond donors (Lipinski definition) is 3. The first-order valence-corrected chi connectivity index (χ1v) is 6.80. The minimum absolute atomic E-state index is 0.0956. The third kappa shape index (κ3) is 3.94. The van der Waals surface area contributed by atoms with Crippen molar-refractivity contribution >= 4 is 11.8 Å². The molecule has 0 bridgehead atoms. The molecule has 4 heteroatoms. The standard InChI is InChI=1S/C11H24N2OS/c1-8(4-9(2)14)13-11(6-12)5-10(3)15-7-11/h8-10,13-14H,4-7,12H2,1-3H3. The maximum atomic E-state index is 9.33. The van der Waals surface area contributed by atoms with Crippen LogP contribution in [0.1, 0.15) is 33.6 Å². The van der Waals surface area contributed by atoms with Gasteiger partial charge in [-0.2, -0.15) is 11.8 Å². The van der Waals surface area contributed by atoms with E-state index >= 15 is 0 Å². The summed E-state index contributed by atoms with van der Waals surface area (Å²) in [4.78, 5) is 0. The molecule has 1 fully saturated rings. The fraction of sp³-hybridized carbons (Fsp3) is 1.00. The fourth-order valence-corrected chi connectivity index (χ4v) is 3.72. The van der Waals surface area contributed by atoms with E-state index in [4.69, 9.17) is 5.73 Å². The lowest BCUT2D eigenvalue weighted by atomic mass is 9.94. The van der Waals surface area contributed by atoms with Crippen LogP contribution in [0.25, 0.3) is 0 Å². The maximum absolute atomic E-state index is 9.33. The zero-order valence-corrected chi connectivity index (χ0v) is 10.8. The molecule has 4 atom stereocenters. The lowest BCUT2D eigenvalue weighted by Crippen LogP contribution is -2.55. The normalized spacial score (nSPS) is 35.4. The van der Waals surface area contributed by atoms with E-state index in [1.807, 2.05) is 18.7 Å². The van der Waals surface area contributed by atoms with Gasteiger partial charge in [-0.3, -0.25) is 0 Å². The predicted octanol–water partition coefficient (Wildman–Crippen LogP) is 0.958. The average Bonchev–Trinajstić information content (AvgIpc) is 2.46. The van der Waals surface area contributed by atoms with Crippen LogP contribution in [0.3, 0.4) is 0 Å². The zero-order valence-electron chi connectivity index (χ0n) is 9.99. The Morgan fingerprint density at radius 1 is 1.60 bits per heavy atom. The van der Waals surface area contributed by atoms with Crippen molar-refractivity contribution in [2.45, 2.75) is 56.5 Å². The van der Waals surface area contributed by atoms with Gasteiger partial charge in [0.1, 0.15) is 0 Å². The maximum Gasteiger partial charge on any atom is 0.0526 e. The highest BCUT2D eigenvalue weighted by molar-refractivity contribution is 8.00. The molecule has 0 radical (unpaired) electrons. The summed E-state index contributed by atoms with van der Waals surface area (Å²) in [6.07, 6.45) is 1.69. The van der Waals surface area contributed by atoms with Crippen LogP contribution in [0.4, 0.5) is 0 Å². The number of aliphatic hydroxyl groups is 1. The van der Waals surface area contributed by atoms with Crippen molar-refractivity contribution < 1.29 is 5.11 Å². The van der Waals surface area contributed by atoms with Crippen LogP contribution in [0.5, 0.6) is 0 Å². The number of thioether (sulfide) groups is 1. The molecule has 0 aliphatic carbocycles. The fourth-order valence-electron chi connectivity index (χ4n) is 2.36. The molecular formula is C11H24N2OS. The SMILES string of the molecule is CC(O)CC(C)NC1(CN)CSC(C)C1. The van der Waals surface area contributed by atoms with Crippen molar-refractivity contribution in [1.82, 2.24) is 5.32 Å². The number of aliphatic hydroxyl groups excluding tert-OH is 1. The van der Waals surface area contributed by atoms with Gasteiger partial charge in [-0.25, -0.2) is 0 Å². The summed E-state index contributed by atoms with van der Waals surface area (Å²) in [5.41, 5.74) is 5.97. The van der Waals surface area contributed by atoms with Crippen molar-refractivity contribution in [3.63, 3.8) is 0 Å². The number of nitrogens with one attached hydrogen (secondary N) is 1. The van der Waals surface area contributed by atoms with Crippen LogP contribution in [0.15, 0.2) is 0 Å². The van der Waals surface area contributed by atoms with Gasteiger partial charge in [0.15, 0.2) is 0 Å². The lowest BCUT2D eigenvalue weighted by molar-refractivity contribution is 0.161. The van der Waals surface area contributed by atoms with Crippen LogP contribution < -0.4 is 11.1 Å². The molecule has 3 nitrogen and oxygen atoms in total. The Morgan fingerprint density at radius 2 is 2.27 bits per heavy atom. The van der Waals surface area contributed by atoms with Gasteiger partial charge in [-0.1, -0.05) is 6.92 Å². The number of hydrogen-bond acceptors (Lipinski definition) is 4. The van der Waals surface area contributed by atoms with E-state index in [9.17, 15) is 5.11 Å². The largest absolute Gasteiger partial charge is 0.393 e. The van der Waals surface area contributed by atoms with Gasteiger partial charge in [0.2, 0.25) is 0 Å². The highest BCUT2D eigenvalue weighted by Gasteiger charge is 2.37. The summed E-state index contributed by atoms with van der Waals surface area (Å²) < 4.78 is 0. The van der Waals surface area contributed by atoms with E-state index in [-0.39, 0.29) is 11.6 Å². The molecule has 0 spiro atoms. The van der Waals surface area contributed by atoms with Crippen LogP contribution >= 0.6 is 11.8 Å². The summed E-state index contributed by atoms with van der Waals surface area (Å²) in [6, 6.07) is 0.333. The van der Waals surface area contributed by atoms with Gasteiger partial charge in [-0.15, -0.1) is 0 Å². The van der Waals surface area contributed by atoms with E-state index in [0.717, 1.165) is 18.6 Å². The van der Waals surface area contributed by atoms with Gasteiger partial charge in [0.25, 0.3) is 0 Å². The van der Waals surface area contributed by atoms with Crippen molar-refractivity contribution in [1.29, 1.82) is 0 Å². The molecule has 0 aromatic heterocycles. The van der Waals surface area contributed by atoms with Crippen LogP contribution in [-0.2, 0) is 0 Å². The minimum atomic E-state index is -0.242. The molecule has 4 N–H and O–H groups in total. The average molecular weight is 232 g/mol. The summed E-state index contributed by atoms with van der Waals surface area (Å²) in [7, 11) is 0. The second-order valence-electron chi connectivity index (χ2n) is 4.94. The van der Waals surface area contributed by atoms with Gasteiger partial charge in [0.05, 0.1) is 6.10 Å². The monoisotopic (exact) mass is 232 g/mol. The first kappa shape index (κ1) is 13.3. The second kappa shape index (κ2) is 5.53. The Bertz CT molecular complexity index is 201. The lowest BCUT2D eigenvalue weighted by Gasteiger charge is -2.32. The van der Waals surface area contributed by atoms with Gasteiger partial charge >= 0.3 is 0 Å². The molecule has 0 saturated carbocycles. The van der Waals surface area contributed by atoms with Crippen molar-refractivity contribution in [2.75, 3.05) is 12.3 Å². The van der Waals surface area contributed by atoms with E-state index in [1.54, 1.807) is 0 Å². The zero-order chi connectivity index (χ0) is 11.5. The molecule has 15 heavy (non-hydrogen) atoms. The van der Waals surface area contributed by atoms with Crippen LogP contribution in [0, 0.1) is 0 Å². The van der Waals surface area contributed by atoms with Gasteiger partial charge in [0, 0.05) is 29.1 Å². The summed E-state index contributed by atoms with van der Waals surface area (Å²) in [5, 5.41) is 13.6. The molecule has 4 unspecified atom stereocenters. The molecule has 1 saturated heterocycles. The van der Waals surface area contributed by atoms with Crippen LogP contribution in [-0.4, -0.2) is 40.3 Å². The smallest absolute Gasteiger partial charge is 0.0526 e.